The molecule has 1 N–H and O–H groups in total. The molecule has 102 valence electrons. The van der Waals surface area contributed by atoms with Gasteiger partial charge in [-0.05, 0) is 12.8 Å². The second-order valence-electron chi connectivity index (χ2n) is 4.88. The second-order valence-corrected chi connectivity index (χ2v) is 5.96. The molecule has 1 aliphatic carbocycles. The molecule has 5 nitrogen and oxygen atoms in total. The van der Waals surface area contributed by atoms with Crippen LogP contribution in [0.1, 0.15) is 23.4 Å². The molecule has 2 aromatic rings. The lowest BCUT2D eigenvalue weighted by molar-refractivity contribution is 0.181. The highest BCUT2D eigenvalue weighted by atomic mass is 32.1. The van der Waals surface area contributed by atoms with Crippen LogP contribution in [0.2, 0.25) is 0 Å². The van der Waals surface area contributed by atoms with Gasteiger partial charge in [-0.25, -0.2) is 4.98 Å². The first-order valence-electron chi connectivity index (χ1n) is 6.46. The van der Waals surface area contributed by atoms with Gasteiger partial charge >= 0.3 is 0 Å². The number of nitrogens with zero attached hydrogens (tertiary/aromatic N) is 3. The Morgan fingerprint density at radius 1 is 1.53 bits per heavy atom. The van der Waals surface area contributed by atoms with E-state index in [2.05, 4.69) is 15.4 Å². The van der Waals surface area contributed by atoms with Crippen LogP contribution >= 0.6 is 11.3 Å². The molecule has 0 saturated heterocycles. The van der Waals surface area contributed by atoms with Crippen LogP contribution in [0.15, 0.2) is 12.4 Å². The molecule has 19 heavy (non-hydrogen) atoms. The molecule has 0 radical (unpaired) electrons. The van der Waals surface area contributed by atoms with Gasteiger partial charge < -0.3 is 10.1 Å². The predicted octanol–water partition coefficient (Wildman–Crippen LogP) is 1.94. The van der Waals surface area contributed by atoms with Gasteiger partial charge in [0, 0.05) is 43.4 Å². The molecule has 1 saturated carbocycles. The first-order chi connectivity index (χ1) is 9.26. The van der Waals surface area contributed by atoms with Crippen LogP contribution in [0.3, 0.4) is 0 Å². The molecule has 1 fully saturated rings. The number of aromatic nitrogens is 3. The Morgan fingerprint density at radius 3 is 3.00 bits per heavy atom. The highest BCUT2D eigenvalue weighted by Gasteiger charge is 2.21. The number of aryl methyl sites for hydroxylation is 1. The fourth-order valence-corrected chi connectivity index (χ4v) is 2.94. The summed E-state index contributed by atoms with van der Waals surface area (Å²) >= 11 is 1.73. The highest BCUT2D eigenvalue weighted by Crippen LogP contribution is 2.29. The van der Waals surface area contributed by atoms with Crippen LogP contribution in [-0.2, 0) is 24.9 Å². The van der Waals surface area contributed by atoms with E-state index in [4.69, 9.17) is 4.74 Å². The zero-order chi connectivity index (χ0) is 13.2. The lowest BCUT2D eigenvalue weighted by Gasteiger charge is -2.02. The van der Waals surface area contributed by atoms with Crippen molar-refractivity contribution in [3.8, 4) is 10.6 Å². The summed E-state index contributed by atoms with van der Waals surface area (Å²) in [5.74, 6) is 0. The number of ether oxygens (including phenoxy) is 1. The number of nitrogens with one attached hydrogen (secondary N) is 1. The second kappa shape index (κ2) is 5.40. The molecule has 0 aliphatic heterocycles. The zero-order valence-electron chi connectivity index (χ0n) is 11.2. The minimum absolute atomic E-state index is 0.568. The number of hydrogen-bond acceptors (Lipinski definition) is 5. The van der Waals surface area contributed by atoms with Crippen molar-refractivity contribution in [2.24, 2.45) is 7.05 Å². The van der Waals surface area contributed by atoms with E-state index in [1.807, 2.05) is 19.4 Å². The Morgan fingerprint density at radius 2 is 2.37 bits per heavy atom. The molecule has 0 spiro atoms. The van der Waals surface area contributed by atoms with Gasteiger partial charge in [-0.1, -0.05) is 0 Å². The highest BCUT2D eigenvalue weighted by molar-refractivity contribution is 7.15. The predicted molar refractivity (Wildman–Crippen MR) is 74.9 cm³/mol. The zero-order valence-corrected chi connectivity index (χ0v) is 12.0. The van der Waals surface area contributed by atoms with Crippen molar-refractivity contribution in [1.29, 1.82) is 0 Å². The summed E-state index contributed by atoms with van der Waals surface area (Å²) in [5, 5.41) is 8.76. The molecule has 0 unspecified atom stereocenters. The lowest BCUT2D eigenvalue weighted by atomic mass is 10.3. The van der Waals surface area contributed by atoms with Gasteiger partial charge in [0.1, 0.15) is 5.01 Å². The van der Waals surface area contributed by atoms with Crippen LogP contribution in [0.25, 0.3) is 10.6 Å². The topological polar surface area (TPSA) is 52.0 Å². The summed E-state index contributed by atoms with van der Waals surface area (Å²) in [6.07, 6.45) is 6.45. The van der Waals surface area contributed by atoms with Crippen LogP contribution in [-0.4, -0.2) is 27.9 Å². The molecule has 3 rings (SSSR count). The third kappa shape index (κ3) is 3.02. The van der Waals surface area contributed by atoms with Crippen LogP contribution < -0.4 is 5.32 Å². The molecule has 2 aromatic heterocycles. The number of methoxy groups -OCH3 is 1. The standard InChI is InChI=1S/C13H18N4OS/c1-17-7-9(5-15-17)13-16-11(8-18-2)12(19-13)6-14-10-3-4-10/h5,7,10,14H,3-4,6,8H2,1-2H3. The first-order valence-corrected chi connectivity index (χ1v) is 7.28. The van der Waals surface area contributed by atoms with Crippen LogP contribution in [0.4, 0.5) is 0 Å². The van der Waals surface area contributed by atoms with Gasteiger partial charge in [0.2, 0.25) is 0 Å². The van der Waals surface area contributed by atoms with Crippen molar-refractivity contribution < 1.29 is 4.74 Å². The van der Waals surface area contributed by atoms with Crippen molar-refractivity contribution in [2.45, 2.75) is 32.0 Å². The third-order valence-corrected chi connectivity index (χ3v) is 4.29. The molecule has 2 heterocycles. The molecule has 0 atom stereocenters. The van der Waals surface area contributed by atoms with Gasteiger partial charge in [0.15, 0.2) is 0 Å². The average Bonchev–Trinajstić information content (AvgIpc) is 2.99. The monoisotopic (exact) mass is 278 g/mol. The van der Waals surface area contributed by atoms with Crippen molar-refractivity contribution in [1.82, 2.24) is 20.1 Å². The van der Waals surface area contributed by atoms with E-state index in [1.54, 1.807) is 23.1 Å². The van der Waals surface area contributed by atoms with E-state index >= 15 is 0 Å². The maximum atomic E-state index is 5.24. The quantitative estimate of drug-likeness (QED) is 0.877. The van der Waals surface area contributed by atoms with Gasteiger partial charge in [-0.3, -0.25) is 4.68 Å². The molecular weight excluding hydrogens is 260 g/mol. The number of hydrogen-bond donors (Lipinski definition) is 1. The Bertz CT molecular complexity index is 559. The maximum Gasteiger partial charge on any atom is 0.127 e. The molecule has 0 aromatic carbocycles. The number of rotatable bonds is 6. The van der Waals surface area contributed by atoms with Crippen molar-refractivity contribution in [2.75, 3.05) is 7.11 Å². The largest absolute Gasteiger partial charge is 0.378 e. The SMILES string of the molecule is COCc1nc(-c2cnn(C)c2)sc1CNC1CC1. The third-order valence-electron chi connectivity index (χ3n) is 3.14. The summed E-state index contributed by atoms with van der Waals surface area (Å²) in [4.78, 5) is 5.95. The fraction of sp³-hybridized carbons (Fsp3) is 0.538. The molecule has 0 bridgehead atoms. The summed E-state index contributed by atoms with van der Waals surface area (Å²) in [6.45, 7) is 1.46. The Hall–Kier alpha value is -1.24. The van der Waals surface area contributed by atoms with E-state index in [1.165, 1.54) is 17.7 Å². The van der Waals surface area contributed by atoms with Gasteiger partial charge in [0.05, 0.1) is 18.5 Å². The van der Waals surface area contributed by atoms with E-state index in [9.17, 15) is 0 Å². The molecular formula is C13H18N4OS. The molecule has 1 aliphatic rings. The van der Waals surface area contributed by atoms with Gasteiger partial charge in [-0.2, -0.15) is 5.10 Å². The van der Waals surface area contributed by atoms with Crippen molar-refractivity contribution >= 4 is 11.3 Å². The Labute approximate surface area is 116 Å². The first kappa shape index (κ1) is 12.8. The summed E-state index contributed by atoms with van der Waals surface area (Å²) in [7, 11) is 3.63. The molecule has 6 heteroatoms. The summed E-state index contributed by atoms with van der Waals surface area (Å²) in [6, 6.07) is 0.708. The fourth-order valence-electron chi connectivity index (χ4n) is 1.95. The summed E-state index contributed by atoms with van der Waals surface area (Å²) in [5.41, 5.74) is 2.11. The van der Waals surface area contributed by atoms with E-state index < -0.39 is 0 Å². The van der Waals surface area contributed by atoms with E-state index in [-0.39, 0.29) is 0 Å². The average molecular weight is 278 g/mol. The van der Waals surface area contributed by atoms with Crippen LogP contribution in [0, 0.1) is 0 Å². The van der Waals surface area contributed by atoms with Crippen LogP contribution in [0.5, 0.6) is 0 Å². The Balaban J connectivity index is 1.81. The van der Waals surface area contributed by atoms with E-state index in [0.29, 0.717) is 12.6 Å². The van der Waals surface area contributed by atoms with Crippen molar-refractivity contribution in [3.63, 3.8) is 0 Å². The van der Waals surface area contributed by atoms with Gasteiger partial charge in [-0.15, -0.1) is 11.3 Å². The number of thiazole rings is 1. The van der Waals surface area contributed by atoms with E-state index in [0.717, 1.165) is 22.8 Å². The minimum atomic E-state index is 0.568. The smallest absolute Gasteiger partial charge is 0.127 e. The maximum absolute atomic E-state index is 5.24. The molecule has 0 amide bonds. The summed E-state index contributed by atoms with van der Waals surface area (Å²) < 4.78 is 7.04. The lowest BCUT2D eigenvalue weighted by Crippen LogP contribution is -2.15. The minimum Gasteiger partial charge on any atom is -0.378 e. The normalized spacial score (nSPS) is 15.1. The van der Waals surface area contributed by atoms with Gasteiger partial charge in [0.25, 0.3) is 0 Å². The Kier molecular flexibility index (Phi) is 3.63. The van der Waals surface area contributed by atoms with Crippen molar-refractivity contribution in [3.05, 3.63) is 23.0 Å².